The SMILES string of the molecule is CC(=O)NCCC(=O)Nc1nc(-c2c[nH]c3ncccc23)cs1. The minimum absolute atomic E-state index is 0.151. The molecule has 3 rings (SSSR count). The molecule has 8 heteroatoms. The molecule has 0 radical (unpaired) electrons. The van der Waals surface area contributed by atoms with Crippen LogP contribution < -0.4 is 10.6 Å². The van der Waals surface area contributed by atoms with E-state index in [2.05, 4.69) is 25.6 Å². The molecule has 0 saturated heterocycles. The second-order valence-corrected chi connectivity index (χ2v) is 5.78. The van der Waals surface area contributed by atoms with Gasteiger partial charge in [-0.2, -0.15) is 0 Å². The van der Waals surface area contributed by atoms with E-state index >= 15 is 0 Å². The number of amides is 2. The number of thiazole rings is 1. The van der Waals surface area contributed by atoms with Crippen LogP contribution in [0.4, 0.5) is 5.13 Å². The van der Waals surface area contributed by atoms with Crippen molar-refractivity contribution in [1.82, 2.24) is 20.3 Å². The van der Waals surface area contributed by atoms with Crippen molar-refractivity contribution in [3.8, 4) is 11.3 Å². The highest BCUT2D eigenvalue weighted by Crippen LogP contribution is 2.30. The van der Waals surface area contributed by atoms with Gasteiger partial charge in [0, 0.05) is 48.6 Å². The maximum absolute atomic E-state index is 11.8. The van der Waals surface area contributed by atoms with Crippen LogP contribution in [0.15, 0.2) is 29.9 Å². The van der Waals surface area contributed by atoms with Gasteiger partial charge < -0.3 is 15.6 Å². The third-order valence-corrected chi connectivity index (χ3v) is 3.96. The predicted octanol–water partition coefficient (Wildman–Crippen LogP) is 2.15. The Morgan fingerprint density at radius 2 is 2.26 bits per heavy atom. The Morgan fingerprint density at radius 3 is 3.09 bits per heavy atom. The lowest BCUT2D eigenvalue weighted by molar-refractivity contribution is -0.119. The quantitative estimate of drug-likeness (QED) is 0.668. The number of nitrogens with one attached hydrogen (secondary N) is 3. The van der Waals surface area contributed by atoms with Crippen LogP contribution >= 0.6 is 11.3 Å². The van der Waals surface area contributed by atoms with Crippen molar-refractivity contribution in [1.29, 1.82) is 0 Å². The Hall–Kier alpha value is -2.74. The number of aromatic amines is 1. The van der Waals surface area contributed by atoms with Crippen LogP contribution in [-0.4, -0.2) is 33.3 Å². The lowest BCUT2D eigenvalue weighted by Crippen LogP contribution is -2.25. The minimum atomic E-state index is -0.180. The van der Waals surface area contributed by atoms with Crippen molar-refractivity contribution in [3.63, 3.8) is 0 Å². The molecule has 0 unspecified atom stereocenters. The molecule has 0 aliphatic heterocycles. The van der Waals surface area contributed by atoms with Crippen LogP contribution in [0.25, 0.3) is 22.3 Å². The van der Waals surface area contributed by atoms with Gasteiger partial charge in [0.15, 0.2) is 5.13 Å². The Bertz CT molecular complexity index is 854. The normalized spacial score (nSPS) is 10.7. The van der Waals surface area contributed by atoms with Gasteiger partial charge in [0.25, 0.3) is 0 Å². The van der Waals surface area contributed by atoms with Gasteiger partial charge in [-0.1, -0.05) is 0 Å². The van der Waals surface area contributed by atoms with E-state index in [9.17, 15) is 9.59 Å². The van der Waals surface area contributed by atoms with E-state index in [0.717, 1.165) is 22.3 Å². The van der Waals surface area contributed by atoms with Crippen molar-refractivity contribution in [2.75, 3.05) is 11.9 Å². The zero-order valence-electron chi connectivity index (χ0n) is 12.4. The molecule has 0 bridgehead atoms. The number of hydrogen-bond donors (Lipinski definition) is 3. The standard InChI is InChI=1S/C15H15N5O2S/c1-9(21)16-6-4-13(22)20-15-19-12(8-23-15)11-7-18-14-10(11)3-2-5-17-14/h2-3,5,7-8H,4,6H2,1H3,(H,16,21)(H,17,18)(H,19,20,22). The zero-order chi connectivity index (χ0) is 16.2. The molecule has 3 heterocycles. The number of carbonyl (C=O) groups excluding carboxylic acids is 2. The highest BCUT2D eigenvalue weighted by Gasteiger charge is 2.11. The maximum Gasteiger partial charge on any atom is 0.227 e. The minimum Gasteiger partial charge on any atom is -0.356 e. The van der Waals surface area contributed by atoms with Crippen molar-refractivity contribution in [2.24, 2.45) is 0 Å². The predicted molar refractivity (Wildman–Crippen MR) is 89.1 cm³/mol. The second-order valence-electron chi connectivity index (χ2n) is 4.92. The van der Waals surface area contributed by atoms with Crippen LogP contribution in [0.1, 0.15) is 13.3 Å². The summed E-state index contributed by atoms with van der Waals surface area (Å²) in [5.74, 6) is -0.331. The summed E-state index contributed by atoms with van der Waals surface area (Å²) >= 11 is 1.36. The van der Waals surface area contributed by atoms with E-state index in [-0.39, 0.29) is 18.2 Å². The Labute approximate surface area is 136 Å². The fraction of sp³-hybridized carbons (Fsp3) is 0.200. The van der Waals surface area contributed by atoms with Gasteiger partial charge in [-0.25, -0.2) is 9.97 Å². The van der Waals surface area contributed by atoms with Gasteiger partial charge in [0.2, 0.25) is 11.8 Å². The molecule has 0 atom stereocenters. The molecular weight excluding hydrogens is 314 g/mol. The Kier molecular flexibility index (Phi) is 4.33. The Morgan fingerprint density at radius 1 is 1.39 bits per heavy atom. The van der Waals surface area contributed by atoms with Gasteiger partial charge in [-0.15, -0.1) is 11.3 Å². The summed E-state index contributed by atoms with van der Waals surface area (Å²) in [5, 5.41) is 8.73. The first-order valence-electron chi connectivity index (χ1n) is 7.06. The van der Waals surface area contributed by atoms with E-state index < -0.39 is 0 Å². The molecule has 7 nitrogen and oxygen atoms in total. The van der Waals surface area contributed by atoms with E-state index in [0.29, 0.717) is 11.7 Å². The van der Waals surface area contributed by atoms with E-state index in [1.165, 1.54) is 18.3 Å². The molecule has 3 aromatic rings. The molecule has 118 valence electrons. The first-order chi connectivity index (χ1) is 11.1. The molecule has 0 aromatic carbocycles. The topological polar surface area (TPSA) is 99.8 Å². The largest absolute Gasteiger partial charge is 0.356 e. The molecule has 0 saturated carbocycles. The van der Waals surface area contributed by atoms with Crippen LogP contribution in [0.3, 0.4) is 0 Å². The Balaban J connectivity index is 1.68. The molecular formula is C15H15N5O2S. The number of pyridine rings is 1. The second kappa shape index (κ2) is 6.57. The number of aromatic nitrogens is 3. The van der Waals surface area contributed by atoms with Crippen molar-refractivity contribution in [3.05, 3.63) is 29.9 Å². The third kappa shape index (κ3) is 3.54. The fourth-order valence-electron chi connectivity index (χ4n) is 2.16. The average molecular weight is 329 g/mol. The molecule has 0 aliphatic rings. The molecule has 3 N–H and O–H groups in total. The summed E-state index contributed by atoms with van der Waals surface area (Å²) in [6, 6.07) is 3.84. The smallest absolute Gasteiger partial charge is 0.227 e. The summed E-state index contributed by atoms with van der Waals surface area (Å²) in [7, 11) is 0. The molecule has 0 aliphatic carbocycles. The van der Waals surface area contributed by atoms with E-state index in [4.69, 9.17) is 0 Å². The fourth-order valence-corrected chi connectivity index (χ4v) is 2.88. The third-order valence-electron chi connectivity index (χ3n) is 3.20. The molecule has 0 fully saturated rings. The van der Waals surface area contributed by atoms with Crippen LogP contribution in [-0.2, 0) is 9.59 Å². The van der Waals surface area contributed by atoms with Gasteiger partial charge in [-0.3, -0.25) is 9.59 Å². The van der Waals surface area contributed by atoms with Crippen molar-refractivity contribution < 1.29 is 9.59 Å². The molecule has 2 amide bonds. The number of fused-ring (bicyclic) bond motifs is 1. The zero-order valence-corrected chi connectivity index (χ0v) is 13.2. The van der Waals surface area contributed by atoms with Gasteiger partial charge in [0.1, 0.15) is 5.65 Å². The lowest BCUT2D eigenvalue weighted by atomic mass is 10.2. The van der Waals surface area contributed by atoms with Gasteiger partial charge in [0.05, 0.1) is 5.69 Å². The van der Waals surface area contributed by atoms with Gasteiger partial charge in [-0.05, 0) is 12.1 Å². The van der Waals surface area contributed by atoms with Crippen LogP contribution in [0.5, 0.6) is 0 Å². The maximum atomic E-state index is 11.8. The first kappa shape index (κ1) is 15.2. The van der Waals surface area contributed by atoms with Crippen molar-refractivity contribution in [2.45, 2.75) is 13.3 Å². The van der Waals surface area contributed by atoms with Crippen LogP contribution in [0, 0.1) is 0 Å². The van der Waals surface area contributed by atoms with Crippen LogP contribution in [0.2, 0.25) is 0 Å². The summed E-state index contributed by atoms with van der Waals surface area (Å²) in [6.07, 6.45) is 3.80. The number of rotatable bonds is 5. The lowest BCUT2D eigenvalue weighted by Gasteiger charge is -2.02. The van der Waals surface area contributed by atoms with E-state index in [1.807, 2.05) is 23.7 Å². The monoisotopic (exact) mass is 329 g/mol. The number of hydrogen-bond acceptors (Lipinski definition) is 5. The van der Waals surface area contributed by atoms with E-state index in [1.54, 1.807) is 6.20 Å². The molecule has 3 aromatic heterocycles. The summed E-state index contributed by atoms with van der Waals surface area (Å²) in [4.78, 5) is 34.3. The highest BCUT2D eigenvalue weighted by atomic mass is 32.1. The molecule has 23 heavy (non-hydrogen) atoms. The number of nitrogens with zero attached hydrogens (tertiary/aromatic N) is 2. The summed E-state index contributed by atoms with van der Waals surface area (Å²) in [6.45, 7) is 1.73. The molecule has 0 spiro atoms. The first-order valence-corrected chi connectivity index (χ1v) is 7.94. The summed E-state index contributed by atoms with van der Waals surface area (Å²) < 4.78 is 0. The highest BCUT2D eigenvalue weighted by molar-refractivity contribution is 7.14. The number of anilines is 1. The van der Waals surface area contributed by atoms with Crippen molar-refractivity contribution >= 4 is 39.3 Å². The van der Waals surface area contributed by atoms with Gasteiger partial charge >= 0.3 is 0 Å². The number of carbonyl (C=O) groups is 2. The number of H-pyrrole nitrogens is 1. The average Bonchev–Trinajstić information content (AvgIpc) is 3.13. The summed E-state index contributed by atoms with van der Waals surface area (Å²) in [5.41, 5.74) is 2.53.